The Hall–Kier alpha value is -1.90. The number of hydrogen-bond donors (Lipinski definition) is 0. The van der Waals surface area contributed by atoms with Crippen LogP contribution in [0.15, 0.2) is 41.5 Å². The zero-order chi connectivity index (χ0) is 28.0. The monoisotopic (exact) mass is 538 g/mol. The van der Waals surface area contributed by atoms with Gasteiger partial charge in [-0.05, 0) is 47.4 Å². The summed E-state index contributed by atoms with van der Waals surface area (Å²) in [6.45, 7) is 20.9. The van der Waals surface area contributed by atoms with Crippen LogP contribution in [0.25, 0.3) is 0 Å². The van der Waals surface area contributed by atoms with Crippen LogP contribution >= 0.6 is 8.58 Å². The molecule has 2 aromatic rings. The molecule has 2 atom stereocenters. The van der Waals surface area contributed by atoms with E-state index in [0.717, 1.165) is 31.7 Å². The van der Waals surface area contributed by atoms with E-state index >= 15 is 0 Å². The Morgan fingerprint density at radius 1 is 0.921 bits per heavy atom. The number of benzene rings is 2. The highest BCUT2D eigenvalue weighted by molar-refractivity contribution is 7.48. The van der Waals surface area contributed by atoms with Crippen molar-refractivity contribution in [2.45, 2.75) is 103 Å². The van der Waals surface area contributed by atoms with Gasteiger partial charge < -0.3 is 9.47 Å². The van der Waals surface area contributed by atoms with Gasteiger partial charge in [0.1, 0.15) is 5.75 Å². The third kappa shape index (κ3) is 7.82. The molecule has 0 saturated carbocycles. The molecule has 0 N–H and O–H groups in total. The van der Waals surface area contributed by atoms with Crippen LogP contribution in [-0.4, -0.2) is 38.2 Å². The summed E-state index contributed by atoms with van der Waals surface area (Å²) in [6.07, 6.45) is 8.05. The maximum absolute atomic E-state index is 6.45. The van der Waals surface area contributed by atoms with Crippen molar-refractivity contribution in [2.24, 2.45) is 5.10 Å². The summed E-state index contributed by atoms with van der Waals surface area (Å²) < 4.78 is 11.9. The van der Waals surface area contributed by atoms with E-state index in [-0.39, 0.29) is 22.8 Å². The predicted molar refractivity (Wildman–Crippen MR) is 166 cm³/mol. The van der Waals surface area contributed by atoms with Crippen molar-refractivity contribution in [3.8, 4) is 5.75 Å². The first-order chi connectivity index (χ1) is 17.9. The minimum atomic E-state index is -0.0891. The van der Waals surface area contributed by atoms with Crippen LogP contribution in [0.5, 0.6) is 5.75 Å². The van der Waals surface area contributed by atoms with Crippen molar-refractivity contribution in [3.05, 3.63) is 58.7 Å². The van der Waals surface area contributed by atoms with Crippen LogP contribution in [0.4, 0.5) is 0 Å². The molecule has 3 rings (SSSR count). The average molecular weight is 539 g/mol. The molecule has 4 nitrogen and oxygen atoms in total. The van der Waals surface area contributed by atoms with Crippen LogP contribution in [0.1, 0.15) is 110 Å². The number of ether oxygens (including phenoxy) is 2. The molecule has 1 aliphatic heterocycles. The predicted octanol–water partition coefficient (Wildman–Crippen LogP) is 8.10. The van der Waals surface area contributed by atoms with Gasteiger partial charge >= 0.3 is 0 Å². The molecule has 0 spiro atoms. The summed E-state index contributed by atoms with van der Waals surface area (Å²) in [7, 11) is 2.28. The summed E-state index contributed by atoms with van der Waals surface area (Å²) in [5.41, 5.74) is 5.10. The van der Waals surface area contributed by atoms with Crippen molar-refractivity contribution in [3.63, 3.8) is 0 Å². The fraction of sp³-hybridized carbons (Fsp3) is 0.606. The van der Waals surface area contributed by atoms with Crippen LogP contribution in [0.2, 0.25) is 0 Å². The van der Waals surface area contributed by atoms with E-state index in [1.54, 1.807) is 7.11 Å². The molecule has 210 valence electrons. The lowest BCUT2D eigenvalue weighted by Gasteiger charge is -2.37. The van der Waals surface area contributed by atoms with Gasteiger partial charge in [-0.15, -0.1) is 0 Å². The zero-order valence-corrected chi connectivity index (χ0v) is 26.4. The Balaban J connectivity index is 2.15. The molecule has 38 heavy (non-hydrogen) atoms. The third-order valence-electron chi connectivity index (χ3n) is 7.49. The Bertz CT molecular complexity index is 1080. The molecule has 2 unspecified atom stereocenters. The Morgan fingerprint density at radius 2 is 1.58 bits per heavy atom. The second-order valence-corrected chi connectivity index (χ2v) is 14.9. The fourth-order valence-corrected chi connectivity index (χ4v) is 6.99. The standard InChI is InChI=1S/C33H51N2O2P/c1-10-18-33(8,38-29-17-13-12-16-25(29)23-34-35-19-14-11-15-20-35)28-22-26(31(2,3)4)21-27(32(5,6)7)30(28)37-24-36-9/h12-13,16-17,21-23,38H,10-11,14-15,18-20,24H2,1-9H3/b34-23+. The lowest BCUT2D eigenvalue weighted by Crippen LogP contribution is -2.27. The second-order valence-electron chi connectivity index (χ2n) is 13.0. The molecule has 0 bridgehead atoms. The number of methoxy groups -OCH3 is 1. The van der Waals surface area contributed by atoms with Gasteiger partial charge in [-0.1, -0.05) is 107 Å². The van der Waals surface area contributed by atoms with E-state index < -0.39 is 0 Å². The Morgan fingerprint density at radius 3 is 2.18 bits per heavy atom. The van der Waals surface area contributed by atoms with Gasteiger partial charge in [0.15, 0.2) is 6.79 Å². The third-order valence-corrected chi connectivity index (χ3v) is 9.29. The first-order valence-electron chi connectivity index (χ1n) is 14.4. The highest BCUT2D eigenvalue weighted by Gasteiger charge is 2.35. The highest BCUT2D eigenvalue weighted by atomic mass is 31.1. The normalized spacial score (nSPS) is 16.9. The van der Waals surface area contributed by atoms with Crippen molar-refractivity contribution >= 4 is 20.1 Å². The fourth-order valence-electron chi connectivity index (χ4n) is 5.22. The largest absolute Gasteiger partial charge is 0.467 e. The van der Waals surface area contributed by atoms with Crippen LogP contribution in [0.3, 0.4) is 0 Å². The van der Waals surface area contributed by atoms with Crippen molar-refractivity contribution < 1.29 is 9.47 Å². The number of hydrogen-bond acceptors (Lipinski definition) is 4. The van der Waals surface area contributed by atoms with E-state index in [0.29, 0.717) is 8.58 Å². The second kappa shape index (κ2) is 13.0. The summed E-state index contributed by atoms with van der Waals surface area (Å²) in [4.78, 5) is 0. The molecule has 2 aromatic carbocycles. The Kier molecular flexibility index (Phi) is 10.5. The first-order valence-corrected chi connectivity index (χ1v) is 15.4. The van der Waals surface area contributed by atoms with Gasteiger partial charge in [0.05, 0.1) is 6.21 Å². The van der Waals surface area contributed by atoms with Crippen molar-refractivity contribution in [2.75, 3.05) is 27.0 Å². The lowest BCUT2D eigenvalue weighted by atomic mass is 9.77. The summed E-state index contributed by atoms with van der Waals surface area (Å²) in [5.74, 6) is 0.996. The quantitative estimate of drug-likeness (QED) is 0.174. The SMILES string of the molecule is CCCC(C)(Pc1ccccc1/C=N/N1CCCCC1)c1cc(C(C)(C)C)cc(C(C)(C)C)c1OCOC. The van der Waals surface area contributed by atoms with Crippen LogP contribution < -0.4 is 10.0 Å². The molecule has 1 saturated heterocycles. The van der Waals surface area contributed by atoms with Gasteiger partial charge in [0.2, 0.25) is 0 Å². The molecule has 0 radical (unpaired) electrons. The Labute approximate surface area is 234 Å². The van der Waals surface area contributed by atoms with E-state index in [1.807, 2.05) is 0 Å². The smallest absolute Gasteiger partial charge is 0.188 e. The van der Waals surface area contributed by atoms with Crippen molar-refractivity contribution in [1.82, 2.24) is 5.01 Å². The average Bonchev–Trinajstić information content (AvgIpc) is 2.86. The molecule has 5 heteroatoms. The maximum Gasteiger partial charge on any atom is 0.188 e. The minimum Gasteiger partial charge on any atom is -0.467 e. The number of rotatable bonds is 10. The molecule has 1 fully saturated rings. The summed E-state index contributed by atoms with van der Waals surface area (Å²) in [6, 6.07) is 13.6. The molecule has 1 aliphatic rings. The molecule has 1 heterocycles. The number of hydrazone groups is 1. The van der Waals surface area contributed by atoms with E-state index in [4.69, 9.17) is 14.6 Å². The molecule has 0 aromatic heterocycles. The van der Waals surface area contributed by atoms with E-state index in [1.165, 1.54) is 46.8 Å². The van der Waals surface area contributed by atoms with E-state index in [9.17, 15) is 0 Å². The van der Waals surface area contributed by atoms with Gasteiger partial charge in [0, 0.05) is 42.0 Å². The molecule has 0 aliphatic carbocycles. The molecular formula is C33H51N2O2P. The number of piperidine rings is 1. The summed E-state index contributed by atoms with van der Waals surface area (Å²) >= 11 is 0. The van der Waals surface area contributed by atoms with Gasteiger partial charge in [-0.2, -0.15) is 5.10 Å². The van der Waals surface area contributed by atoms with E-state index in [2.05, 4.69) is 103 Å². The van der Waals surface area contributed by atoms with Crippen molar-refractivity contribution in [1.29, 1.82) is 0 Å². The van der Waals surface area contributed by atoms with Gasteiger partial charge in [-0.25, -0.2) is 0 Å². The first kappa shape index (κ1) is 30.6. The van der Waals surface area contributed by atoms with Crippen LogP contribution in [0, 0.1) is 0 Å². The topological polar surface area (TPSA) is 34.1 Å². The van der Waals surface area contributed by atoms with Crippen LogP contribution in [-0.2, 0) is 20.7 Å². The minimum absolute atomic E-state index is 0.0315. The molecular weight excluding hydrogens is 487 g/mol. The zero-order valence-electron chi connectivity index (χ0n) is 25.4. The number of nitrogens with zero attached hydrogens (tertiary/aromatic N) is 2. The maximum atomic E-state index is 6.45. The molecule has 0 amide bonds. The lowest BCUT2D eigenvalue weighted by molar-refractivity contribution is 0.0486. The van der Waals surface area contributed by atoms with Gasteiger partial charge in [0.25, 0.3) is 0 Å². The highest BCUT2D eigenvalue weighted by Crippen LogP contribution is 2.52. The van der Waals surface area contributed by atoms with Gasteiger partial charge in [-0.3, -0.25) is 5.01 Å². The summed E-state index contributed by atoms with van der Waals surface area (Å²) in [5, 5.41) is 8.39.